The molecule has 0 aliphatic heterocycles. The Bertz CT molecular complexity index is 176. The zero-order chi connectivity index (χ0) is 12.3. The highest BCUT2D eigenvalue weighted by Gasteiger charge is 2.24. The van der Waals surface area contributed by atoms with Gasteiger partial charge in [0, 0.05) is 26.4 Å². The lowest BCUT2D eigenvalue weighted by Gasteiger charge is -2.15. The number of ether oxygens (including phenoxy) is 3. The van der Waals surface area contributed by atoms with E-state index in [0.717, 1.165) is 6.42 Å². The molecule has 1 aliphatic rings. The van der Waals surface area contributed by atoms with Gasteiger partial charge < -0.3 is 24.6 Å². The van der Waals surface area contributed by atoms with Crippen LogP contribution in [0, 0.1) is 0 Å². The molecule has 0 radical (unpaired) electrons. The predicted molar refractivity (Wildman–Crippen MR) is 65.2 cm³/mol. The van der Waals surface area contributed by atoms with Crippen LogP contribution in [-0.2, 0) is 14.2 Å². The predicted octanol–water partition coefficient (Wildman–Crippen LogP) is 0.169. The van der Waals surface area contributed by atoms with Crippen molar-refractivity contribution < 1.29 is 19.3 Å². The minimum absolute atomic E-state index is 0.0805. The van der Waals surface area contributed by atoms with Crippen molar-refractivity contribution in [1.29, 1.82) is 0 Å². The van der Waals surface area contributed by atoms with Gasteiger partial charge in [0.2, 0.25) is 0 Å². The van der Waals surface area contributed by atoms with Crippen LogP contribution in [0.1, 0.15) is 19.3 Å². The summed E-state index contributed by atoms with van der Waals surface area (Å²) in [4.78, 5) is 0. The lowest BCUT2D eigenvalue weighted by Crippen LogP contribution is -2.38. The van der Waals surface area contributed by atoms with Crippen LogP contribution in [0.15, 0.2) is 0 Å². The first-order chi connectivity index (χ1) is 8.36. The second-order valence-electron chi connectivity index (χ2n) is 4.35. The molecule has 1 saturated carbocycles. The maximum atomic E-state index is 9.12. The zero-order valence-electron chi connectivity index (χ0n) is 10.7. The van der Waals surface area contributed by atoms with Crippen LogP contribution >= 0.6 is 0 Å². The van der Waals surface area contributed by atoms with Crippen molar-refractivity contribution in [2.75, 3.05) is 46.8 Å². The van der Waals surface area contributed by atoms with Gasteiger partial charge in [-0.2, -0.15) is 0 Å². The fraction of sp³-hybridized carbons (Fsp3) is 1.00. The summed E-state index contributed by atoms with van der Waals surface area (Å²) in [6.45, 7) is 3.36. The first-order valence-electron chi connectivity index (χ1n) is 6.38. The summed E-state index contributed by atoms with van der Waals surface area (Å²) in [5, 5.41) is 12.5. The molecule has 0 aromatic heterocycles. The molecule has 0 saturated heterocycles. The number of methoxy groups -OCH3 is 1. The van der Waals surface area contributed by atoms with Gasteiger partial charge in [-0.1, -0.05) is 0 Å². The van der Waals surface area contributed by atoms with Gasteiger partial charge in [-0.25, -0.2) is 0 Å². The number of hydrogen-bond donors (Lipinski definition) is 2. The van der Waals surface area contributed by atoms with E-state index < -0.39 is 0 Å². The van der Waals surface area contributed by atoms with Crippen molar-refractivity contribution in [3.8, 4) is 0 Å². The molecule has 0 bridgehead atoms. The third-order valence-corrected chi connectivity index (χ3v) is 2.60. The highest BCUT2D eigenvalue weighted by molar-refractivity contribution is 4.84. The van der Waals surface area contributed by atoms with Crippen molar-refractivity contribution in [2.45, 2.75) is 31.3 Å². The molecule has 1 unspecified atom stereocenters. The monoisotopic (exact) mass is 247 g/mol. The number of nitrogens with one attached hydrogen (secondary N) is 1. The van der Waals surface area contributed by atoms with Crippen molar-refractivity contribution >= 4 is 0 Å². The minimum atomic E-state index is 0.0805. The topological polar surface area (TPSA) is 60.0 Å². The van der Waals surface area contributed by atoms with Gasteiger partial charge in [0.05, 0.1) is 32.5 Å². The molecule has 0 spiro atoms. The van der Waals surface area contributed by atoms with Crippen LogP contribution in [0.25, 0.3) is 0 Å². The zero-order valence-corrected chi connectivity index (χ0v) is 10.7. The van der Waals surface area contributed by atoms with Crippen LogP contribution < -0.4 is 5.32 Å². The summed E-state index contributed by atoms with van der Waals surface area (Å²) < 4.78 is 15.7. The third kappa shape index (κ3) is 8.51. The van der Waals surface area contributed by atoms with E-state index in [1.807, 2.05) is 0 Å². The second kappa shape index (κ2) is 9.79. The Balaban J connectivity index is 1.81. The average Bonchev–Trinajstić information content (AvgIpc) is 3.15. The quantitative estimate of drug-likeness (QED) is 0.481. The summed E-state index contributed by atoms with van der Waals surface area (Å²) in [5.74, 6) is 0. The standard InChI is InChI=1S/C12H25NO4/c1-15-7-8-16-5-2-6-17-10-12(9-14)13-11-3-4-11/h11-14H,2-10H2,1H3. The Labute approximate surface area is 103 Å². The van der Waals surface area contributed by atoms with Crippen molar-refractivity contribution in [2.24, 2.45) is 0 Å². The highest BCUT2D eigenvalue weighted by Crippen LogP contribution is 2.19. The van der Waals surface area contributed by atoms with Gasteiger partial charge in [-0.3, -0.25) is 0 Å². The highest BCUT2D eigenvalue weighted by atomic mass is 16.5. The van der Waals surface area contributed by atoms with E-state index in [1.54, 1.807) is 7.11 Å². The normalized spacial score (nSPS) is 17.3. The van der Waals surface area contributed by atoms with Gasteiger partial charge in [0.25, 0.3) is 0 Å². The maximum Gasteiger partial charge on any atom is 0.0700 e. The largest absolute Gasteiger partial charge is 0.395 e. The van der Waals surface area contributed by atoms with Crippen molar-refractivity contribution in [3.63, 3.8) is 0 Å². The van der Waals surface area contributed by atoms with E-state index in [-0.39, 0.29) is 12.6 Å². The molecule has 17 heavy (non-hydrogen) atoms. The van der Waals surface area contributed by atoms with E-state index in [1.165, 1.54) is 12.8 Å². The number of rotatable bonds is 12. The van der Waals surface area contributed by atoms with E-state index in [2.05, 4.69) is 5.32 Å². The van der Waals surface area contributed by atoms with Crippen molar-refractivity contribution in [1.82, 2.24) is 5.32 Å². The summed E-state index contributed by atoms with van der Waals surface area (Å²) in [5.41, 5.74) is 0. The van der Waals surface area contributed by atoms with Gasteiger partial charge in [0.1, 0.15) is 0 Å². The van der Waals surface area contributed by atoms with E-state index >= 15 is 0 Å². The summed E-state index contributed by atoms with van der Waals surface area (Å²) in [7, 11) is 1.66. The average molecular weight is 247 g/mol. The SMILES string of the molecule is COCCOCCCOCC(CO)NC1CC1. The molecule has 1 rings (SSSR count). The van der Waals surface area contributed by atoms with Gasteiger partial charge in [0.15, 0.2) is 0 Å². The number of aliphatic hydroxyl groups is 1. The molecule has 1 aliphatic carbocycles. The van der Waals surface area contributed by atoms with Crippen LogP contribution in [0.2, 0.25) is 0 Å². The minimum Gasteiger partial charge on any atom is -0.395 e. The Kier molecular flexibility index (Phi) is 8.56. The Morgan fingerprint density at radius 1 is 1.18 bits per heavy atom. The van der Waals surface area contributed by atoms with Gasteiger partial charge in [-0.15, -0.1) is 0 Å². The molecule has 0 aromatic rings. The fourth-order valence-electron chi connectivity index (χ4n) is 1.47. The lowest BCUT2D eigenvalue weighted by atomic mass is 10.3. The van der Waals surface area contributed by atoms with Gasteiger partial charge >= 0.3 is 0 Å². The fourth-order valence-corrected chi connectivity index (χ4v) is 1.47. The first kappa shape index (κ1) is 14.9. The molecular weight excluding hydrogens is 222 g/mol. The molecule has 0 heterocycles. The van der Waals surface area contributed by atoms with Crippen LogP contribution in [0.4, 0.5) is 0 Å². The van der Waals surface area contributed by atoms with Crippen molar-refractivity contribution in [3.05, 3.63) is 0 Å². The molecule has 1 fully saturated rings. The van der Waals surface area contributed by atoms with Crippen LogP contribution in [-0.4, -0.2) is 63.9 Å². The molecule has 1 atom stereocenters. The summed E-state index contributed by atoms with van der Waals surface area (Å²) >= 11 is 0. The molecule has 2 N–H and O–H groups in total. The maximum absolute atomic E-state index is 9.12. The molecule has 0 aromatic carbocycles. The molecule has 0 amide bonds. The lowest BCUT2D eigenvalue weighted by molar-refractivity contribution is 0.0430. The summed E-state index contributed by atoms with van der Waals surface area (Å²) in [6, 6.07) is 0.685. The van der Waals surface area contributed by atoms with E-state index in [4.69, 9.17) is 19.3 Å². The second-order valence-corrected chi connectivity index (χ2v) is 4.35. The smallest absolute Gasteiger partial charge is 0.0700 e. The Morgan fingerprint density at radius 3 is 2.59 bits per heavy atom. The Morgan fingerprint density at radius 2 is 1.94 bits per heavy atom. The van der Waals surface area contributed by atoms with Gasteiger partial charge in [-0.05, 0) is 19.3 Å². The molecule has 102 valence electrons. The summed E-state index contributed by atoms with van der Waals surface area (Å²) in [6.07, 6.45) is 3.33. The first-order valence-corrected chi connectivity index (χ1v) is 6.38. The molecular formula is C12H25NO4. The Hall–Kier alpha value is -0.200. The van der Waals surface area contributed by atoms with E-state index in [9.17, 15) is 0 Å². The molecule has 5 heteroatoms. The van der Waals surface area contributed by atoms with Crippen LogP contribution in [0.5, 0.6) is 0 Å². The van der Waals surface area contributed by atoms with E-state index in [0.29, 0.717) is 39.1 Å². The number of aliphatic hydroxyl groups excluding tert-OH is 1. The molecule has 5 nitrogen and oxygen atoms in total. The van der Waals surface area contributed by atoms with Crippen LogP contribution in [0.3, 0.4) is 0 Å². The third-order valence-electron chi connectivity index (χ3n) is 2.60. The number of hydrogen-bond acceptors (Lipinski definition) is 5.